The van der Waals surface area contributed by atoms with E-state index in [0.717, 1.165) is 16.9 Å². The highest BCUT2D eigenvalue weighted by molar-refractivity contribution is 6.05. The maximum absolute atomic E-state index is 12.1. The normalized spacial score (nSPS) is 10.4. The SMILES string of the molecule is Cc1occc1C(=O)Nc1cccc(-c2ccn[nH]2)c1. The number of nitrogens with one attached hydrogen (secondary N) is 2. The fourth-order valence-electron chi connectivity index (χ4n) is 2.00. The molecule has 0 spiro atoms. The van der Waals surface area contributed by atoms with Gasteiger partial charge in [-0.2, -0.15) is 5.10 Å². The van der Waals surface area contributed by atoms with Crippen LogP contribution in [-0.2, 0) is 0 Å². The van der Waals surface area contributed by atoms with Crippen molar-refractivity contribution in [1.29, 1.82) is 0 Å². The molecule has 100 valence electrons. The molecule has 0 unspecified atom stereocenters. The number of aromatic amines is 1. The van der Waals surface area contributed by atoms with Gasteiger partial charge in [0.25, 0.3) is 5.91 Å². The summed E-state index contributed by atoms with van der Waals surface area (Å²) in [6.45, 7) is 1.76. The first-order valence-electron chi connectivity index (χ1n) is 6.19. The number of benzene rings is 1. The van der Waals surface area contributed by atoms with Gasteiger partial charge < -0.3 is 9.73 Å². The molecule has 0 aliphatic carbocycles. The maximum atomic E-state index is 12.1. The van der Waals surface area contributed by atoms with Crippen molar-refractivity contribution in [2.75, 3.05) is 5.32 Å². The van der Waals surface area contributed by atoms with E-state index >= 15 is 0 Å². The average Bonchev–Trinajstić information content (AvgIpc) is 3.09. The van der Waals surface area contributed by atoms with Crippen molar-refractivity contribution in [2.45, 2.75) is 6.92 Å². The zero-order chi connectivity index (χ0) is 13.9. The molecule has 3 rings (SSSR count). The van der Waals surface area contributed by atoms with Crippen LogP contribution in [0.25, 0.3) is 11.3 Å². The molecule has 0 saturated carbocycles. The van der Waals surface area contributed by atoms with Crippen LogP contribution in [0.3, 0.4) is 0 Å². The smallest absolute Gasteiger partial charge is 0.259 e. The lowest BCUT2D eigenvalue weighted by Crippen LogP contribution is -2.12. The number of amides is 1. The second-order valence-electron chi connectivity index (χ2n) is 4.40. The number of aromatic nitrogens is 2. The third-order valence-electron chi connectivity index (χ3n) is 3.04. The molecule has 20 heavy (non-hydrogen) atoms. The van der Waals surface area contributed by atoms with Crippen molar-refractivity contribution in [3.8, 4) is 11.3 Å². The van der Waals surface area contributed by atoms with Crippen LogP contribution >= 0.6 is 0 Å². The topological polar surface area (TPSA) is 70.9 Å². The molecule has 0 atom stereocenters. The van der Waals surface area contributed by atoms with Crippen LogP contribution in [0, 0.1) is 6.92 Å². The number of nitrogens with zero attached hydrogens (tertiary/aromatic N) is 1. The first kappa shape index (κ1) is 12.2. The summed E-state index contributed by atoms with van der Waals surface area (Å²) in [5.74, 6) is 0.422. The van der Waals surface area contributed by atoms with Gasteiger partial charge in [0.15, 0.2) is 0 Å². The molecule has 0 aliphatic rings. The van der Waals surface area contributed by atoms with Gasteiger partial charge in [0.05, 0.1) is 17.5 Å². The number of hydrogen-bond acceptors (Lipinski definition) is 3. The summed E-state index contributed by atoms with van der Waals surface area (Å²) >= 11 is 0. The van der Waals surface area contributed by atoms with Gasteiger partial charge >= 0.3 is 0 Å². The predicted octanol–water partition coefficient (Wildman–Crippen LogP) is 3.23. The van der Waals surface area contributed by atoms with E-state index < -0.39 is 0 Å². The Labute approximate surface area is 115 Å². The Balaban J connectivity index is 1.83. The van der Waals surface area contributed by atoms with Crippen molar-refractivity contribution in [2.24, 2.45) is 0 Å². The Bertz CT molecular complexity index is 729. The molecule has 5 heteroatoms. The van der Waals surface area contributed by atoms with Crippen LogP contribution in [0.4, 0.5) is 5.69 Å². The van der Waals surface area contributed by atoms with Gasteiger partial charge in [-0.3, -0.25) is 9.89 Å². The van der Waals surface area contributed by atoms with E-state index in [1.807, 2.05) is 30.3 Å². The number of furan rings is 1. The lowest BCUT2D eigenvalue weighted by Gasteiger charge is -2.06. The number of carbonyl (C=O) groups excluding carboxylic acids is 1. The molecule has 0 fully saturated rings. The molecule has 2 N–H and O–H groups in total. The Hall–Kier alpha value is -2.82. The van der Waals surface area contributed by atoms with E-state index in [4.69, 9.17) is 4.42 Å². The second kappa shape index (κ2) is 5.05. The monoisotopic (exact) mass is 267 g/mol. The van der Waals surface area contributed by atoms with Gasteiger partial charge in [-0.05, 0) is 31.2 Å². The van der Waals surface area contributed by atoms with Crippen LogP contribution < -0.4 is 5.32 Å². The summed E-state index contributed by atoms with van der Waals surface area (Å²) in [5.41, 5.74) is 3.13. The van der Waals surface area contributed by atoms with Gasteiger partial charge in [-0.1, -0.05) is 12.1 Å². The third kappa shape index (κ3) is 2.33. The van der Waals surface area contributed by atoms with Gasteiger partial charge in [0.1, 0.15) is 5.76 Å². The van der Waals surface area contributed by atoms with Crippen LogP contribution in [-0.4, -0.2) is 16.1 Å². The number of rotatable bonds is 3. The molecule has 0 bridgehead atoms. The standard InChI is InChI=1S/C15H13N3O2/c1-10-13(6-8-20-10)15(19)17-12-4-2-3-11(9-12)14-5-7-16-18-14/h2-9H,1H3,(H,16,18)(H,17,19). The van der Waals surface area contributed by atoms with Gasteiger partial charge in [-0.15, -0.1) is 0 Å². The number of hydrogen-bond donors (Lipinski definition) is 2. The lowest BCUT2D eigenvalue weighted by molar-refractivity contribution is 0.102. The summed E-state index contributed by atoms with van der Waals surface area (Å²) in [6.07, 6.45) is 3.20. The zero-order valence-electron chi connectivity index (χ0n) is 10.9. The van der Waals surface area contributed by atoms with E-state index in [1.54, 1.807) is 19.2 Å². The lowest BCUT2D eigenvalue weighted by atomic mass is 10.1. The van der Waals surface area contributed by atoms with Gasteiger partial charge in [-0.25, -0.2) is 0 Å². The van der Waals surface area contributed by atoms with E-state index in [9.17, 15) is 4.79 Å². The molecular weight excluding hydrogens is 254 g/mol. The molecule has 2 aromatic heterocycles. The summed E-state index contributed by atoms with van der Waals surface area (Å²) in [6, 6.07) is 11.1. The highest BCUT2D eigenvalue weighted by atomic mass is 16.3. The Morgan fingerprint density at radius 2 is 2.20 bits per heavy atom. The largest absolute Gasteiger partial charge is 0.469 e. The maximum Gasteiger partial charge on any atom is 0.259 e. The average molecular weight is 267 g/mol. The van der Waals surface area contributed by atoms with Crippen molar-refractivity contribution in [3.63, 3.8) is 0 Å². The van der Waals surface area contributed by atoms with E-state index in [1.165, 1.54) is 6.26 Å². The zero-order valence-corrected chi connectivity index (χ0v) is 10.9. The summed E-state index contributed by atoms with van der Waals surface area (Å²) < 4.78 is 5.13. The fourth-order valence-corrected chi connectivity index (χ4v) is 2.00. The number of anilines is 1. The van der Waals surface area contributed by atoms with Crippen LogP contribution in [0.1, 0.15) is 16.1 Å². The Morgan fingerprint density at radius 1 is 1.30 bits per heavy atom. The second-order valence-corrected chi connectivity index (χ2v) is 4.40. The van der Waals surface area contributed by atoms with Crippen LogP contribution in [0.2, 0.25) is 0 Å². The highest BCUT2D eigenvalue weighted by Gasteiger charge is 2.11. The molecule has 2 heterocycles. The molecule has 5 nitrogen and oxygen atoms in total. The number of aryl methyl sites for hydroxylation is 1. The first-order chi connectivity index (χ1) is 9.74. The van der Waals surface area contributed by atoms with E-state index in [-0.39, 0.29) is 5.91 Å². The summed E-state index contributed by atoms with van der Waals surface area (Å²) in [7, 11) is 0. The Morgan fingerprint density at radius 3 is 2.90 bits per heavy atom. The Kier molecular flexibility index (Phi) is 3.09. The fraction of sp³-hybridized carbons (Fsp3) is 0.0667. The van der Waals surface area contributed by atoms with Crippen molar-refractivity contribution < 1.29 is 9.21 Å². The molecule has 0 radical (unpaired) electrons. The van der Waals surface area contributed by atoms with Gasteiger partial charge in [0.2, 0.25) is 0 Å². The van der Waals surface area contributed by atoms with E-state index in [2.05, 4.69) is 15.5 Å². The summed E-state index contributed by atoms with van der Waals surface area (Å²) in [5, 5.41) is 9.66. The molecule has 1 aromatic carbocycles. The van der Waals surface area contributed by atoms with Crippen LogP contribution in [0.15, 0.2) is 53.3 Å². The quantitative estimate of drug-likeness (QED) is 0.765. The number of H-pyrrole nitrogens is 1. The molecule has 3 aromatic rings. The minimum Gasteiger partial charge on any atom is -0.469 e. The van der Waals surface area contributed by atoms with Crippen LogP contribution in [0.5, 0.6) is 0 Å². The molecule has 0 aliphatic heterocycles. The minimum absolute atomic E-state index is 0.182. The van der Waals surface area contributed by atoms with Crippen molar-refractivity contribution in [3.05, 3.63) is 60.2 Å². The highest BCUT2D eigenvalue weighted by Crippen LogP contribution is 2.21. The summed E-state index contributed by atoms with van der Waals surface area (Å²) in [4.78, 5) is 12.1. The molecule has 1 amide bonds. The minimum atomic E-state index is -0.182. The first-order valence-corrected chi connectivity index (χ1v) is 6.19. The van der Waals surface area contributed by atoms with Crippen molar-refractivity contribution in [1.82, 2.24) is 10.2 Å². The predicted molar refractivity (Wildman–Crippen MR) is 75.4 cm³/mol. The van der Waals surface area contributed by atoms with Crippen molar-refractivity contribution >= 4 is 11.6 Å². The third-order valence-corrected chi connectivity index (χ3v) is 3.04. The molecule has 0 saturated heterocycles. The van der Waals surface area contributed by atoms with Gasteiger partial charge in [0, 0.05) is 17.4 Å². The molecular formula is C15H13N3O2. The van der Waals surface area contributed by atoms with E-state index in [0.29, 0.717) is 11.3 Å². The number of carbonyl (C=O) groups is 1.